The second-order valence-electron chi connectivity index (χ2n) is 3.42. The maximum Gasteiger partial charge on any atom is 0.323 e. The average molecular weight is 207 g/mol. The summed E-state index contributed by atoms with van der Waals surface area (Å²) in [7, 11) is 1.65. The lowest BCUT2D eigenvalue weighted by molar-refractivity contribution is 0.202. The summed E-state index contributed by atoms with van der Waals surface area (Å²) >= 11 is 0. The minimum Gasteiger partial charge on any atom is -0.398 e. The Morgan fingerprint density at radius 3 is 2.67 bits per heavy atom. The lowest BCUT2D eigenvalue weighted by Gasteiger charge is -2.04. The second-order valence-corrected chi connectivity index (χ2v) is 3.42. The number of hydrogen-bond acceptors (Lipinski definition) is 3. The van der Waals surface area contributed by atoms with Crippen LogP contribution in [0.3, 0.4) is 0 Å². The number of imidazole rings is 1. The van der Waals surface area contributed by atoms with E-state index in [-0.39, 0.29) is 5.69 Å². The number of aromatic nitrogens is 2. The summed E-state index contributed by atoms with van der Waals surface area (Å²) in [6.45, 7) is 0.615. The van der Waals surface area contributed by atoms with Crippen LogP contribution in [-0.4, -0.2) is 23.7 Å². The molecule has 5 heteroatoms. The van der Waals surface area contributed by atoms with Crippen molar-refractivity contribution in [3.8, 4) is 0 Å². The lowest BCUT2D eigenvalue weighted by atomic mass is 10.1. The van der Waals surface area contributed by atoms with Gasteiger partial charge in [-0.2, -0.15) is 0 Å². The van der Waals surface area contributed by atoms with Gasteiger partial charge in [-0.25, -0.2) is 4.79 Å². The third kappa shape index (κ3) is 1.87. The van der Waals surface area contributed by atoms with Crippen LogP contribution in [0.15, 0.2) is 16.9 Å². The number of nitrogens with one attached hydrogen (secondary N) is 2. The van der Waals surface area contributed by atoms with Crippen LogP contribution in [0.2, 0.25) is 0 Å². The van der Waals surface area contributed by atoms with Gasteiger partial charge < -0.3 is 20.4 Å². The van der Waals surface area contributed by atoms with Gasteiger partial charge >= 0.3 is 5.69 Å². The number of fused-ring (bicyclic) bond motifs is 1. The molecule has 0 aliphatic rings. The van der Waals surface area contributed by atoms with Crippen LogP contribution in [0.25, 0.3) is 11.0 Å². The number of aromatic amines is 2. The molecule has 80 valence electrons. The minimum absolute atomic E-state index is 0.215. The van der Waals surface area contributed by atoms with Crippen molar-refractivity contribution in [3.63, 3.8) is 0 Å². The highest BCUT2D eigenvalue weighted by molar-refractivity contribution is 5.80. The van der Waals surface area contributed by atoms with Gasteiger partial charge in [0.1, 0.15) is 0 Å². The van der Waals surface area contributed by atoms with Gasteiger partial charge in [-0.15, -0.1) is 0 Å². The van der Waals surface area contributed by atoms with E-state index in [1.165, 1.54) is 0 Å². The van der Waals surface area contributed by atoms with Crippen molar-refractivity contribution in [1.29, 1.82) is 0 Å². The number of benzene rings is 1. The number of nitrogens with two attached hydrogens (primary N) is 1. The molecule has 0 aliphatic carbocycles. The fourth-order valence-electron chi connectivity index (χ4n) is 1.57. The summed E-state index contributed by atoms with van der Waals surface area (Å²) in [5.74, 6) is 0. The molecule has 2 rings (SSSR count). The molecule has 0 spiro atoms. The van der Waals surface area contributed by atoms with Crippen molar-refractivity contribution >= 4 is 16.7 Å². The number of rotatable bonds is 3. The summed E-state index contributed by atoms with van der Waals surface area (Å²) in [6, 6.07) is 3.64. The number of anilines is 1. The molecule has 4 N–H and O–H groups in total. The molecule has 2 aromatic rings. The predicted octanol–water partition coefficient (Wildman–Crippen LogP) is 0.627. The van der Waals surface area contributed by atoms with Crippen molar-refractivity contribution in [2.24, 2.45) is 0 Å². The molecule has 0 radical (unpaired) electrons. The summed E-state index contributed by atoms with van der Waals surface area (Å²) in [4.78, 5) is 16.4. The Morgan fingerprint density at radius 1 is 1.33 bits per heavy atom. The molecule has 15 heavy (non-hydrogen) atoms. The van der Waals surface area contributed by atoms with Crippen molar-refractivity contribution in [1.82, 2.24) is 9.97 Å². The fourth-order valence-corrected chi connectivity index (χ4v) is 1.57. The summed E-state index contributed by atoms with van der Waals surface area (Å²) < 4.78 is 4.98. The summed E-state index contributed by atoms with van der Waals surface area (Å²) in [5.41, 5.74) is 8.81. The molecule has 0 bridgehead atoms. The zero-order valence-corrected chi connectivity index (χ0v) is 8.46. The summed E-state index contributed by atoms with van der Waals surface area (Å²) in [6.07, 6.45) is 0.742. The number of methoxy groups -OCH3 is 1. The van der Waals surface area contributed by atoms with Gasteiger partial charge in [-0.3, -0.25) is 0 Å². The van der Waals surface area contributed by atoms with Crippen LogP contribution in [0.4, 0.5) is 5.69 Å². The van der Waals surface area contributed by atoms with Gasteiger partial charge in [-0.05, 0) is 24.1 Å². The Morgan fingerprint density at radius 2 is 2.00 bits per heavy atom. The van der Waals surface area contributed by atoms with Crippen molar-refractivity contribution < 1.29 is 4.74 Å². The van der Waals surface area contributed by atoms with Crippen LogP contribution < -0.4 is 11.4 Å². The Labute approximate surface area is 86.3 Å². The minimum atomic E-state index is -0.215. The number of ether oxygens (including phenoxy) is 1. The predicted molar refractivity (Wildman–Crippen MR) is 58.9 cm³/mol. The van der Waals surface area contributed by atoms with Crippen LogP contribution in [0.1, 0.15) is 5.56 Å². The Bertz CT molecular complexity index is 527. The first kappa shape index (κ1) is 9.79. The van der Waals surface area contributed by atoms with Gasteiger partial charge in [0.15, 0.2) is 0 Å². The molecule has 0 saturated carbocycles. The zero-order valence-electron chi connectivity index (χ0n) is 8.46. The van der Waals surface area contributed by atoms with Gasteiger partial charge in [0.25, 0.3) is 0 Å². The van der Waals surface area contributed by atoms with E-state index in [2.05, 4.69) is 9.97 Å². The van der Waals surface area contributed by atoms with E-state index in [0.29, 0.717) is 12.3 Å². The van der Waals surface area contributed by atoms with E-state index in [1.54, 1.807) is 13.2 Å². The molecule has 5 nitrogen and oxygen atoms in total. The van der Waals surface area contributed by atoms with E-state index in [0.717, 1.165) is 23.0 Å². The molecule has 0 fully saturated rings. The molecule has 0 aliphatic heterocycles. The standard InChI is InChI=1S/C10H13N3O2/c1-15-3-2-6-4-8-9(5-7(6)11)13-10(14)12-8/h4-5H,2-3,11H2,1H3,(H2,12,13,14). The molecule has 1 aromatic carbocycles. The van der Waals surface area contributed by atoms with Crippen molar-refractivity contribution in [2.75, 3.05) is 19.5 Å². The van der Waals surface area contributed by atoms with Crippen molar-refractivity contribution in [3.05, 3.63) is 28.2 Å². The molecule has 1 heterocycles. The van der Waals surface area contributed by atoms with E-state index < -0.39 is 0 Å². The Kier molecular flexibility index (Phi) is 2.47. The van der Waals surface area contributed by atoms with Crippen LogP contribution >= 0.6 is 0 Å². The van der Waals surface area contributed by atoms with Gasteiger partial charge in [0.2, 0.25) is 0 Å². The molecule has 0 unspecified atom stereocenters. The van der Waals surface area contributed by atoms with Crippen LogP contribution in [0.5, 0.6) is 0 Å². The summed E-state index contributed by atoms with van der Waals surface area (Å²) in [5, 5.41) is 0. The van der Waals surface area contributed by atoms with E-state index >= 15 is 0 Å². The molecular formula is C10H13N3O2. The quantitative estimate of drug-likeness (QED) is 0.645. The monoisotopic (exact) mass is 207 g/mol. The molecular weight excluding hydrogens is 194 g/mol. The smallest absolute Gasteiger partial charge is 0.323 e. The van der Waals surface area contributed by atoms with E-state index in [1.807, 2.05) is 6.07 Å². The number of nitrogen functional groups attached to an aromatic ring is 1. The Balaban J connectivity index is 2.46. The van der Waals surface area contributed by atoms with Gasteiger partial charge in [-0.1, -0.05) is 0 Å². The first-order valence-corrected chi connectivity index (χ1v) is 4.70. The van der Waals surface area contributed by atoms with Gasteiger partial charge in [0.05, 0.1) is 17.6 Å². The highest BCUT2D eigenvalue weighted by Gasteiger charge is 2.04. The SMILES string of the molecule is COCCc1cc2[nH]c(=O)[nH]c2cc1N. The number of H-pyrrole nitrogens is 2. The van der Waals surface area contributed by atoms with Crippen LogP contribution in [-0.2, 0) is 11.2 Å². The molecule has 1 aromatic heterocycles. The maximum absolute atomic E-state index is 11.0. The molecule has 0 saturated heterocycles. The van der Waals surface area contributed by atoms with E-state index in [9.17, 15) is 4.79 Å². The first-order valence-electron chi connectivity index (χ1n) is 4.70. The zero-order chi connectivity index (χ0) is 10.8. The maximum atomic E-state index is 11.0. The highest BCUT2D eigenvalue weighted by Crippen LogP contribution is 2.18. The van der Waals surface area contributed by atoms with E-state index in [4.69, 9.17) is 10.5 Å². The average Bonchev–Trinajstić information content (AvgIpc) is 2.53. The largest absolute Gasteiger partial charge is 0.398 e. The fraction of sp³-hybridized carbons (Fsp3) is 0.300. The second kappa shape index (κ2) is 3.78. The first-order chi connectivity index (χ1) is 7.20. The normalized spacial score (nSPS) is 11.0. The van der Waals surface area contributed by atoms with Crippen molar-refractivity contribution in [2.45, 2.75) is 6.42 Å². The third-order valence-electron chi connectivity index (χ3n) is 2.35. The van der Waals surface area contributed by atoms with Crippen LogP contribution in [0, 0.1) is 0 Å². The highest BCUT2D eigenvalue weighted by atomic mass is 16.5. The third-order valence-corrected chi connectivity index (χ3v) is 2.35. The Hall–Kier alpha value is -1.75. The van der Waals surface area contributed by atoms with Gasteiger partial charge in [0, 0.05) is 12.8 Å². The molecule has 0 amide bonds. The number of hydrogen-bond donors (Lipinski definition) is 3. The molecule has 0 atom stereocenters. The lowest BCUT2D eigenvalue weighted by Crippen LogP contribution is -1.99. The topological polar surface area (TPSA) is 83.9 Å².